The molecule has 1 saturated carbocycles. The van der Waals surface area contributed by atoms with Gasteiger partial charge in [0.25, 0.3) is 0 Å². The number of carbonyl (C=O) groups is 1. The normalized spacial score (nSPS) is 30.7. The second kappa shape index (κ2) is 6.37. The molecule has 0 unspecified atom stereocenters. The van der Waals surface area contributed by atoms with E-state index in [1.807, 2.05) is 11.0 Å². The highest BCUT2D eigenvalue weighted by Crippen LogP contribution is 2.36. The fourth-order valence-corrected chi connectivity index (χ4v) is 4.03. The van der Waals surface area contributed by atoms with Crippen molar-refractivity contribution in [1.82, 2.24) is 15.1 Å². The molecule has 2 saturated heterocycles. The number of nitrogens with zero attached hydrogens (tertiary/aromatic N) is 2. The quantitative estimate of drug-likeness (QED) is 0.926. The van der Waals surface area contributed by atoms with Gasteiger partial charge in [-0.05, 0) is 31.4 Å². The van der Waals surface area contributed by atoms with E-state index in [0.717, 1.165) is 45.4 Å². The number of likely N-dealkylation sites (tertiary alicyclic amines) is 1. The highest BCUT2D eigenvalue weighted by molar-refractivity contribution is 5.75. The van der Waals surface area contributed by atoms with Gasteiger partial charge in [0.15, 0.2) is 0 Å². The summed E-state index contributed by atoms with van der Waals surface area (Å²) in [5.41, 5.74) is 1.23. The summed E-state index contributed by atoms with van der Waals surface area (Å²) in [5, 5.41) is 3.11. The fraction of sp³-hybridized carbons (Fsp3) is 0.632. The molecule has 1 aliphatic carbocycles. The molecule has 0 radical (unpaired) electrons. The predicted molar refractivity (Wildman–Crippen MR) is 92.9 cm³/mol. The van der Waals surface area contributed by atoms with Gasteiger partial charge in [-0.1, -0.05) is 37.3 Å². The van der Waals surface area contributed by atoms with Gasteiger partial charge in [0.05, 0.1) is 18.2 Å². The van der Waals surface area contributed by atoms with Gasteiger partial charge in [0, 0.05) is 25.7 Å². The Morgan fingerprint density at radius 3 is 2.83 bits per heavy atom. The molecule has 2 atom stereocenters. The van der Waals surface area contributed by atoms with Gasteiger partial charge in [0.2, 0.25) is 0 Å². The average Bonchev–Trinajstić information content (AvgIpc) is 3.34. The fourth-order valence-electron chi connectivity index (χ4n) is 4.03. The Hall–Kier alpha value is -1.59. The molecule has 0 aromatic heterocycles. The molecular weight excluding hydrogens is 302 g/mol. The van der Waals surface area contributed by atoms with Crippen molar-refractivity contribution in [3.63, 3.8) is 0 Å². The van der Waals surface area contributed by atoms with Crippen LogP contribution in [0.3, 0.4) is 0 Å². The Labute approximate surface area is 144 Å². The summed E-state index contributed by atoms with van der Waals surface area (Å²) in [6.45, 7) is 6.41. The predicted octanol–water partition coefficient (Wildman–Crippen LogP) is 2.40. The van der Waals surface area contributed by atoms with E-state index in [1.165, 1.54) is 5.56 Å². The largest absolute Gasteiger partial charge is 0.370 e. The summed E-state index contributed by atoms with van der Waals surface area (Å²) in [4.78, 5) is 16.9. The van der Waals surface area contributed by atoms with Crippen LogP contribution in [-0.4, -0.2) is 60.2 Å². The summed E-state index contributed by atoms with van der Waals surface area (Å²) in [7, 11) is 0. The minimum atomic E-state index is -0.0130. The molecule has 5 heteroatoms. The summed E-state index contributed by atoms with van der Waals surface area (Å²) >= 11 is 0. The minimum Gasteiger partial charge on any atom is -0.370 e. The Kier molecular flexibility index (Phi) is 4.22. The average molecular weight is 329 g/mol. The van der Waals surface area contributed by atoms with E-state index in [2.05, 4.69) is 41.4 Å². The maximum Gasteiger partial charge on any atom is 0.317 e. The van der Waals surface area contributed by atoms with Gasteiger partial charge in [-0.2, -0.15) is 0 Å². The van der Waals surface area contributed by atoms with Crippen LogP contribution < -0.4 is 5.32 Å². The first-order valence-corrected chi connectivity index (χ1v) is 9.17. The first kappa shape index (κ1) is 15.9. The topological polar surface area (TPSA) is 44.8 Å². The molecule has 1 N–H and O–H groups in total. The van der Waals surface area contributed by atoms with Crippen LogP contribution in [0.25, 0.3) is 0 Å². The molecule has 5 nitrogen and oxygen atoms in total. The molecule has 2 aliphatic heterocycles. The van der Waals surface area contributed by atoms with Gasteiger partial charge in [-0.15, -0.1) is 0 Å². The number of likely N-dealkylation sites (N-methyl/N-ethyl adjacent to an activating group) is 1. The van der Waals surface area contributed by atoms with E-state index in [0.29, 0.717) is 12.6 Å². The maximum absolute atomic E-state index is 12.4. The van der Waals surface area contributed by atoms with Crippen LogP contribution in [0.2, 0.25) is 0 Å². The van der Waals surface area contributed by atoms with Crippen LogP contribution in [0.1, 0.15) is 37.9 Å². The van der Waals surface area contributed by atoms with Crippen molar-refractivity contribution in [1.29, 1.82) is 0 Å². The zero-order chi connectivity index (χ0) is 16.6. The zero-order valence-corrected chi connectivity index (χ0v) is 14.4. The highest BCUT2D eigenvalue weighted by Gasteiger charge is 2.48. The lowest BCUT2D eigenvalue weighted by atomic mass is 9.93. The number of ether oxygens (including phenoxy) is 1. The van der Waals surface area contributed by atoms with E-state index in [1.54, 1.807) is 0 Å². The Bertz CT molecular complexity index is 590. The van der Waals surface area contributed by atoms with Crippen molar-refractivity contribution < 1.29 is 9.53 Å². The van der Waals surface area contributed by atoms with Crippen LogP contribution in [0.4, 0.5) is 4.79 Å². The lowest BCUT2D eigenvalue weighted by molar-refractivity contribution is -0.107. The van der Waals surface area contributed by atoms with Crippen molar-refractivity contribution in [2.45, 2.75) is 43.9 Å². The molecule has 4 rings (SSSR count). The van der Waals surface area contributed by atoms with Crippen LogP contribution in [0.15, 0.2) is 30.3 Å². The van der Waals surface area contributed by atoms with Gasteiger partial charge in [-0.25, -0.2) is 4.79 Å². The smallest absolute Gasteiger partial charge is 0.317 e. The van der Waals surface area contributed by atoms with Crippen molar-refractivity contribution in [2.24, 2.45) is 0 Å². The second-order valence-electron chi connectivity index (χ2n) is 7.37. The summed E-state index contributed by atoms with van der Waals surface area (Å²) in [5.74, 6) is 0. The molecule has 0 bridgehead atoms. The first-order valence-electron chi connectivity index (χ1n) is 9.17. The van der Waals surface area contributed by atoms with E-state index >= 15 is 0 Å². The highest BCUT2D eigenvalue weighted by atomic mass is 16.5. The maximum atomic E-state index is 12.4. The van der Waals surface area contributed by atoms with Crippen LogP contribution in [-0.2, 0) is 4.74 Å². The van der Waals surface area contributed by atoms with Crippen LogP contribution >= 0.6 is 0 Å². The summed E-state index contributed by atoms with van der Waals surface area (Å²) < 4.78 is 6.26. The number of nitrogens with one attached hydrogen (secondary N) is 1. The molecule has 2 amide bonds. The Balaban J connectivity index is 1.43. The number of morpholine rings is 1. The van der Waals surface area contributed by atoms with Crippen molar-refractivity contribution in [2.75, 3.05) is 32.8 Å². The molecule has 3 fully saturated rings. The summed E-state index contributed by atoms with van der Waals surface area (Å²) in [6.07, 6.45) is 3.40. The number of hydrogen-bond acceptors (Lipinski definition) is 3. The number of benzene rings is 1. The van der Waals surface area contributed by atoms with E-state index in [9.17, 15) is 4.79 Å². The lowest BCUT2D eigenvalue weighted by Crippen LogP contribution is -2.59. The third kappa shape index (κ3) is 3.03. The third-order valence-corrected chi connectivity index (χ3v) is 5.69. The molecule has 130 valence electrons. The third-order valence-electron chi connectivity index (χ3n) is 5.69. The molecule has 2 heterocycles. The minimum absolute atomic E-state index is 0.0130. The van der Waals surface area contributed by atoms with Crippen LogP contribution in [0.5, 0.6) is 0 Å². The van der Waals surface area contributed by atoms with E-state index in [4.69, 9.17) is 4.74 Å². The number of rotatable bonds is 3. The Morgan fingerprint density at radius 2 is 2.12 bits per heavy atom. The molecular formula is C19H27N3O2. The van der Waals surface area contributed by atoms with E-state index < -0.39 is 0 Å². The molecule has 3 aliphatic rings. The molecule has 24 heavy (non-hydrogen) atoms. The second-order valence-corrected chi connectivity index (χ2v) is 7.37. The summed E-state index contributed by atoms with van der Waals surface area (Å²) in [6, 6.07) is 11.0. The van der Waals surface area contributed by atoms with Gasteiger partial charge in [-0.3, -0.25) is 4.90 Å². The van der Waals surface area contributed by atoms with Crippen LogP contribution in [0, 0.1) is 0 Å². The Morgan fingerprint density at radius 1 is 1.33 bits per heavy atom. The monoisotopic (exact) mass is 329 g/mol. The molecule has 1 aromatic rings. The number of urea groups is 1. The number of amides is 2. The molecule has 1 aromatic carbocycles. The zero-order valence-electron chi connectivity index (χ0n) is 14.4. The number of hydrogen-bond donors (Lipinski definition) is 1. The van der Waals surface area contributed by atoms with E-state index in [-0.39, 0.29) is 17.7 Å². The number of carbonyl (C=O) groups excluding carboxylic acids is 1. The van der Waals surface area contributed by atoms with Crippen molar-refractivity contribution >= 4 is 6.03 Å². The SMILES string of the molecule is CCN1C[C@H](c2ccccc2)OC[C@@]12CCN(C(=O)NC1CC1)C2. The molecule has 1 spiro atoms. The van der Waals surface area contributed by atoms with Gasteiger partial charge in [0.1, 0.15) is 0 Å². The first-order chi connectivity index (χ1) is 11.7. The van der Waals surface area contributed by atoms with Gasteiger partial charge >= 0.3 is 6.03 Å². The lowest BCUT2D eigenvalue weighted by Gasteiger charge is -2.47. The standard InChI is InChI=1S/C19H27N3O2/c1-2-22-12-17(15-6-4-3-5-7-15)24-14-19(22)10-11-21(13-19)18(23)20-16-8-9-16/h3-7,16-17H,2,8-14H2,1H3,(H,20,23)/t17-,19+/m1/s1. The van der Waals surface area contributed by atoms with Gasteiger partial charge < -0.3 is 15.0 Å². The van der Waals surface area contributed by atoms with Crippen molar-refractivity contribution in [3.8, 4) is 0 Å². The van der Waals surface area contributed by atoms with Crippen molar-refractivity contribution in [3.05, 3.63) is 35.9 Å².